The number of aldehydes is 1. The molecule has 1 heterocycles. The largest absolute Gasteiger partial charge is 0.396 e. The van der Waals surface area contributed by atoms with Crippen LogP contribution in [-0.2, 0) is 17.6 Å². The van der Waals surface area contributed by atoms with Crippen molar-refractivity contribution in [3.05, 3.63) is 94.1 Å². The fourth-order valence-corrected chi connectivity index (χ4v) is 9.12. The van der Waals surface area contributed by atoms with Crippen LogP contribution < -0.4 is 10.6 Å². The van der Waals surface area contributed by atoms with Crippen molar-refractivity contribution in [2.75, 3.05) is 33.4 Å². The van der Waals surface area contributed by atoms with Gasteiger partial charge in [-0.2, -0.15) is 0 Å². The number of nitrogens with one attached hydrogen (secondary N) is 2. The molecule has 7 atom stereocenters. The molecule has 1 aliphatic heterocycles. The maximum atomic E-state index is 12.4. The third kappa shape index (κ3) is 8.99. The Morgan fingerprint density at radius 1 is 1.18 bits per heavy atom. The van der Waals surface area contributed by atoms with E-state index in [0.717, 1.165) is 48.8 Å². The highest BCUT2D eigenvalue weighted by atomic mass is 16.3. The van der Waals surface area contributed by atoms with Gasteiger partial charge in [-0.05, 0) is 133 Å². The molecule has 2 aliphatic carbocycles. The van der Waals surface area contributed by atoms with E-state index in [0.29, 0.717) is 63.1 Å². The van der Waals surface area contributed by atoms with E-state index in [1.165, 1.54) is 16.7 Å². The van der Waals surface area contributed by atoms with Gasteiger partial charge in [-0.1, -0.05) is 71.9 Å². The maximum absolute atomic E-state index is 12.4. The Hall–Kier alpha value is -2.65. The van der Waals surface area contributed by atoms with Crippen LogP contribution in [0.1, 0.15) is 83.3 Å². The minimum Gasteiger partial charge on any atom is -0.396 e. The van der Waals surface area contributed by atoms with E-state index in [2.05, 4.69) is 61.4 Å². The van der Waals surface area contributed by atoms with Gasteiger partial charge in [0.05, 0.1) is 18.3 Å². The van der Waals surface area contributed by atoms with Gasteiger partial charge in [0.1, 0.15) is 6.29 Å². The van der Waals surface area contributed by atoms with E-state index in [1.807, 2.05) is 32.2 Å². The first-order valence-electron chi connectivity index (χ1n) is 18.5. The molecule has 7 heteroatoms. The molecule has 2 saturated carbocycles. The van der Waals surface area contributed by atoms with Crippen LogP contribution in [0, 0.1) is 23.2 Å². The lowest BCUT2D eigenvalue weighted by atomic mass is 9.51. The van der Waals surface area contributed by atoms with Crippen LogP contribution in [0.15, 0.2) is 83.0 Å². The normalized spacial score (nSPS) is 32.4. The van der Waals surface area contributed by atoms with E-state index in [4.69, 9.17) is 0 Å². The number of rotatable bonds is 12. The smallest absolute Gasteiger partial charge is 0.145 e. The second kappa shape index (κ2) is 18.0. The minimum absolute atomic E-state index is 0.00280. The third-order valence-electron chi connectivity index (χ3n) is 11.9. The average Bonchev–Trinajstić information content (AvgIpc) is 3.43. The van der Waals surface area contributed by atoms with Crippen molar-refractivity contribution >= 4 is 6.29 Å². The molecule has 4 rings (SSSR count). The monoisotopic (exact) mass is 674 g/mol. The Morgan fingerprint density at radius 3 is 2.63 bits per heavy atom. The number of aliphatic hydroxyl groups is 4. The summed E-state index contributed by atoms with van der Waals surface area (Å²) in [6.45, 7) is 12.0. The van der Waals surface area contributed by atoms with Crippen LogP contribution in [0.2, 0.25) is 0 Å². The summed E-state index contributed by atoms with van der Waals surface area (Å²) >= 11 is 0. The summed E-state index contributed by atoms with van der Waals surface area (Å²) < 4.78 is 0. The number of hydrogen-bond donors (Lipinski definition) is 6. The fourth-order valence-electron chi connectivity index (χ4n) is 9.12. The van der Waals surface area contributed by atoms with E-state index in [9.17, 15) is 25.2 Å². The number of carbonyl (C=O) groups is 1. The molecule has 0 saturated heterocycles. The van der Waals surface area contributed by atoms with Crippen molar-refractivity contribution in [3.63, 3.8) is 0 Å². The third-order valence-corrected chi connectivity index (χ3v) is 11.9. The lowest BCUT2D eigenvalue weighted by Gasteiger charge is -2.57. The number of allylic oxidation sites excluding steroid dienone is 7. The fraction of sp³-hybridized carbons (Fsp3) is 0.595. The summed E-state index contributed by atoms with van der Waals surface area (Å²) in [6.07, 6.45) is 14.7. The van der Waals surface area contributed by atoms with E-state index >= 15 is 0 Å². The predicted octanol–water partition coefficient (Wildman–Crippen LogP) is 5.54. The molecule has 0 radical (unpaired) electrons. The molecule has 49 heavy (non-hydrogen) atoms. The summed E-state index contributed by atoms with van der Waals surface area (Å²) in [5, 5.41) is 52.1. The summed E-state index contributed by atoms with van der Waals surface area (Å²) in [7, 11) is 1.86. The molecule has 6 N–H and O–H groups in total. The van der Waals surface area contributed by atoms with Gasteiger partial charge in [0, 0.05) is 30.5 Å². The Kier molecular flexibility index (Phi) is 14.4. The zero-order valence-electron chi connectivity index (χ0n) is 30.4. The first-order chi connectivity index (χ1) is 23.5. The number of benzene rings is 1. The molecule has 0 aromatic heterocycles. The Bertz CT molecular complexity index is 1410. The molecule has 7 nitrogen and oxygen atoms in total. The van der Waals surface area contributed by atoms with E-state index in [1.54, 1.807) is 0 Å². The molecule has 0 amide bonds. The van der Waals surface area contributed by atoms with Crippen molar-refractivity contribution in [2.45, 2.75) is 103 Å². The van der Waals surface area contributed by atoms with Crippen LogP contribution >= 0.6 is 0 Å². The minimum atomic E-state index is -1.16. The SMILES string of the molecule is C=C(C=CC=C(CO)[C@H]1CC[C@@]2(C(CCCO)C(=C(C)C=O)CC[C@]2(O)CCNC)[C@@H]1O)[C@H]1CC=C(C)CN[C@H](C)Cc2cccc(c2)C1. The van der Waals surface area contributed by atoms with Gasteiger partial charge in [-0.25, -0.2) is 0 Å². The van der Waals surface area contributed by atoms with E-state index in [-0.39, 0.29) is 31.0 Å². The zero-order chi connectivity index (χ0) is 35.6. The van der Waals surface area contributed by atoms with Crippen molar-refractivity contribution in [1.29, 1.82) is 0 Å². The van der Waals surface area contributed by atoms with Gasteiger partial charge in [0.15, 0.2) is 0 Å². The highest BCUT2D eigenvalue weighted by Gasteiger charge is 2.65. The number of fused-ring (bicyclic) bond motifs is 2. The van der Waals surface area contributed by atoms with Crippen molar-refractivity contribution in [1.82, 2.24) is 10.6 Å². The average molecular weight is 675 g/mol. The van der Waals surface area contributed by atoms with Crippen molar-refractivity contribution in [2.24, 2.45) is 23.2 Å². The van der Waals surface area contributed by atoms with Crippen molar-refractivity contribution < 1.29 is 25.2 Å². The van der Waals surface area contributed by atoms with Gasteiger partial charge >= 0.3 is 0 Å². The maximum Gasteiger partial charge on any atom is 0.145 e. The molecule has 1 spiro atoms. The Balaban J connectivity index is 1.62. The van der Waals surface area contributed by atoms with Crippen LogP contribution in [0.4, 0.5) is 0 Å². The van der Waals surface area contributed by atoms with Gasteiger partial charge in [0.2, 0.25) is 0 Å². The molecule has 3 aliphatic rings. The molecule has 2 fully saturated rings. The van der Waals surface area contributed by atoms with Gasteiger partial charge in [0.25, 0.3) is 0 Å². The topological polar surface area (TPSA) is 122 Å². The van der Waals surface area contributed by atoms with Gasteiger partial charge in [-0.15, -0.1) is 0 Å². The highest BCUT2D eigenvalue weighted by molar-refractivity contribution is 5.74. The molecular formula is C42H62N2O5. The summed E-state index contributed by atoms with van der Waals surface area (Å²) in [4.78, 5) is 12.0. The Labute approximate surface area is 295 Å². The number of hydrogen-bond acceptors (Lipinski definition) is 7. The Morgan fingerprint density at radius 2 is 1.94 bits per heavy atom. The molecule has 1 unspecified atom stereocenters. The standard InChI is InChI=1S/C42H62N2O5/c1-29-14-15-35(25-34-11-7-10-33(24-34)23-32(4)44-26-29)30(2)9-6-12-36(28-47)38-17-19-42(40(38)48)39(13-8-22-45)37(31(3)27-46)16-18-41(42,49)20-21-43-5/h6-7,9-12,14,24,27,32,35,38-40,43-45,47-49H,2,8,13,15-23,25-26,28H2,1,3-5H3/t32-,35+,38-,39?,40-,41+,42-/m1/s1. The molecule has 270 valence electrons. The first-order valence-corrected chi connectivity index (χ1v) is 18.5. The summed E-state index contributed by atoms with van der Waals surface area (Å²) in [5.41, 5.74) is 5.28. The van der Waals surface area contributed by atoms with Crippen LogP contribution in [-0.4, -0.2) is 77.8 Å². The van der Waals surface area contributed by atoms with Crippen molar-refractivity contribution in [3.8, 4) is 0 Å². The second-order valence-corrected chi connectivity index (χ2v) is 15.1. The lowest BCUT2D eigenvalue weighted by molar-refractivity contribution is -0.180. The number of aliphatic hydroxyl groups excluding tert-OH is 3. The first kappa shape index (κ1) is 39.1. The molecule has 1 aromatic rings. The highest BCUT2D eigenvalue weighted by Crippen LogP contribution is 2.63. The molecule has 2 bridgehead atoms. The quantitative estimate of drug-likeness (QED) is 0.0745. The van der Waals surface area contributed by atoms with Gasteiger partial charge in [-0.3, -0.25) is 4.79 Å². The molecule has 1 aromatic carbocycles. The second-order valence-electron chi connectivity index (χ2n) is 15.1. The summed E-state index contributed by atoms with van der Waals surface area (Å²) in [6, 6.07) is 9.26. The van der Waals surface area contributed by atoms with E-state index < -0.39 is 17.1 Å². The molecular weight excluding hydrogens is 612 g/mol. The van der Waals surface area contributed by atoms with Crippen LogP contribution in [0.5, 0.6) is 0 Å². The predicted molar refractivity (Wildman–Crippen MR) is 199 cm³/mol. The lowest BCUT2D eigenvalue weighted by Crippen LogP contribution is -2.61. The zero-order valence-corrected chi connectivity index (χ0v) is 30.4. The van der Waals surface area contributed by atoms with Crippen LogP contribution in [0.25, 0.3) is 0 Å². The number of carbonyl (C=O) groups excluding carboxylic acids is 1. The summed E-state index contributed by atoms with van der Waals surface area (Å²) in [5.74, 6) is -0.376. The van der Waals surface area contributed by atoms with Gasteiger partial charge < -0.3 is 31.1 Å². The van der Waals surface area contributed by atoms with Crippen LogP contribution in [0.3, 0.4) is 0 Å².